The maximum Gasteiger partial charge on any atom is 0.228 e. The van der Waals surface area contributed by atoms with Crippen LogP contribution in [0.25, 0.3) is 10.2 Å². The molecule has 1 aromatic heterocycles. The van der Waals surface area contributed by atoms with E-state index < -0.39 is 15.7 Å². The van der Waals surface area contributed by atoms with Crippen molar-refractivity contribution in [3.05, 3.63) is 52.8 Å². The number of thiazole rings is 1. The standard InChI is InChI=1S/C23H24ClFN2O4S2/c1-15-19(24)10-11-20-22(15)26-23(32-20)27(14-17-4-2-12-31-17)21(28)5-3-13-33(29,30)18-8-6-16(25)7-9-18/h6-11,17H,2-5,12-14H2,1H3. The lowest BCUT2D eigenvalue weighted by Gasteiger charge is -2.23. The summed E-state index contributed by atoms with van der Waals surface area (Å²) in [6.07, 6.45) is 1.92. The molecule has 0 spiro atoms. The lowest BCUT2D eigenvalue weighted by atomic mass is 10.2. The van der Waals surface area contributed by atoms with Gasteiger partial charge in [-0.2, -0.15) is 0 Å². The van der Waals surface area contributed by atoms with E-state index >= 15 is 0 Å². The third-order valence-corrected chi connectivity index (χ3v) is 8.92. The minimum absolute atomic E-state index is 0.0445. The van der Waals surface area contributed by atoms with Crippen LogP contribution in [0.2, 0.25) is 5.02 Å². The first kappa shape index (κ1) is 24.1. The highest BCUT2D eigenvalue weighted by atomic mass is 35.5. The van der Waals surface area contributed by atoms with E-state index in [9.17, 15) is 17.6 Å². The number of carbonyl (C=O) groups excluding carboxylic acids is 1. The van der Waals surface area contributed by atoms with Gasteiger partial charge in [-0.25, -0.2) is 17.8 Å². The fraction of sp³-hybridized carbons (Fsp3) is 0.391. The van der Waals surface area contributed by atoms with Gasteiger partial charge >= 0.3 is 0 Å². The maximum absolute atomic E-state index is 13.2. The second-order valence-corrected chi connectivity index (χ2v) is 11.6. The van der Waals surface area contributed by atoms with Crippen molar-refractivity contribution in [2.75, 3.05) is 23.8 Å². The molecular formula is C23H24ClFN2O4S2. The molecule has 1 amide bonds. The maximum atomic E-state index is 13.2. The van der Waals surface area contributed by atoms with Crippen molar-refractivity contribution in [2.24, 2.45) is 0 Å². The quantitative estimate of drug-likeness (QED) is 0.391. The summed E-state index contributed by atoms with van der Waals surface area (Å²) in [4.78, 5) is 19.5. The SMILES string of the molecule is Cc1c(Cl)ccc2sc(N(CC3CCCO3)C(=O)CCCS(=O)(=O)c3ccc(F)cc3)nc12. The highest BCUT2D eigenvalue weighted by Crippen LogP contribution is 2.34. The molecule has 1 fully saturated rings. The minimum Gasteiger partial charge on any atom is -0.376 e. The molecule has 3 aromatic rings. The predicted molar refractivity (Wildman–Crippen MR) is 128 cm³/mol. The Morgan fingerprint density at radius 3 is 2.73 bits per heavy atom. The molecule has 0 bridgehead atoms. The van der Waals surface area contributed by atoms with E-state index in [1.807, 2.05) is 19.1 Å². The minimum atomic E-state index is -3.61. The Morgan fingerprint density at radius 2 is 2.03 bits per heavy atom. The zero-order valence-electron chi connectivity index (χ0n) is 18.1. The Kier molecular flexibility index (Phi) is 7.33. The summed E-state index contributed by atoms with van der Waals surface area (Å²) in [7, 11) is -3.61. The summed E-state index contributed by atoms with van der Waals surface area (Å²) in [5.74, 6) is -0.906. The average molecular weight is 511 g/mol. The highest BCUT2D eigenvalue weighted by Gasteiger charge is 2.27. The van der Waals surface area contributed by atoms with Crippen LogP contribution >= 0.6 is 22.9 Å². The molecule has 10 heteroatoms. The zero-order chi connectivity index (χ0) is 23.6. The van der Waals surface area contributed by atoms with Gasteiger partial charge in [0, 0.05) is 18.1 Å². The summed E-state index contributed by atoms with van der Waals surface area (Å²) >= 11 is 7.64. The van der Waals surface area contributed by atoms with Gasteiger partial charge in [0.15, 0.2) is 15.0 Å². The highest BCUT2D eigenvalue weighted by molar-refractivity contribution is 7.91. The first-order valence-electron chi connectivity index (χ1n) is 10.7. The number of ether oxygens (including phenoxy) is 1. The second-order valence-electron chi connectivity index (χ2n) is 8.03. The monoisotopic (exact) mass is 510 g/mol. The largest absolute Gasteiger partial charge is 0.376 e. The van der Waals surface area contributed by atoms with E-state index in [-0.39, 0.29) is 35.5 Å². The van der Waals surface area contributed by atoms with Crippen LogP contribution in [-0.4, -0.2) is 44.3 Å². The molecule has 1 aliphatic rings. The molecule has 1 aliphatic heterocycles. The zero-order valence-corrected chi connectivity index (χ0v) is 20.5. The number of amides is 1. The normalized spacial score (nSPS) is 16.4. The molecule has 1 saturated heterocycles. The van der Waals surface area contributed by atoms with Gasteiger partial charge in [0.05, 0.1) is 33.5 Å². The lowest BCUT2D eigenvalue weighted by molar-refractivity contribution is -0.119. The summed E-state index contributed by atoms with van der Waals surface area (Å²) in [5.41, 5.74) is 1.61. The van der Waals surface area contributed by atoms with Crippen molar-refractivity contribution in [2.45, 2.75) is 43.6 Å². The Balaban J connectivity index is 1.50. The molecule has 6 nitrogen and oxygen atoms in total. The Labute approximate surface area is 201 Å². The summed E-state index contributed by atoms with van der Waals surface area (Å²) < 4.78 is 44.8. The lowest BCUT2D eigenvalue weighted by Crippen LogP contribution is -2.37. The smallest absolute Gasteiger partial charge is 0.228 e. The number of halogens is 2. The number of hydrogen-bond donors (Lipinski definition) is 0. The van der Waals surface area contributed by atoms with Gasteiger partial charge in [0.1, 0.15) is 5.82 Å². The van der Waals surface area contributed by atoms with Crippen LogP contribution in [0.1, 0.15) is 31.2 Å². The van der Waals surface area contributed by atoms with E-state index in [0.29, 0.717) is 23.3 Å². The topological polar surface area (TPSA) is 76.6 Å². The molecule has 4 rings (SSSR count). The van der Waals surface area contributed by atoms with Crippen LogP contribution in [0, 0.1) is 12.7 Å². The fourth-order valence-electron chi connectivity index (χ4n) is 3.79. The molecule has 2 heterocycles. The van der Waals surface area contributed by atoms with Crippen molar-refractivity contribution < 1.29 is 22.3 Å². The first-order valence-corrected chi connectivity index (χ1v) is 13.6. The van der Waals surface area contributed by atoms with Crippen molar-refractivity contribution in [1.29, 1.82) is 0 Å². The van der Waals surface area contributed by atoms with Gasteiger partial charge < -0.3 is 4.74 Å². The van der Waals surface area contributed by atoms with Crippen molar-refractivity contribution in [3.63, 3.8) is 0 Å². The molecule has 176 valence electrons. The van der Waals surface area contributed by atoms with Crippen LogP contribution in [0.4, 0.5) is 9.52 Å². The third-order valence-electron chi connectivity index (χ3n) is 5.66. The van der Waals surface area contributed by atoms with Crippen LogP contribution < -0.4 is 4.90 Å². The molecule has 2 aromatic carbocycles. The summed E-state index contributed by atoms with van der Waals surface area (Å²) in [5, 5.41) is 1.17. The average Bonchev–Trinajstić information content (AvgIpc) is 3.45. The van der Waals surface area contributed by atoms with E-state index in [1.165, 1.54) is 23.5 Å². The Hall–Kier alpha value is -2.07. The van der Waals surface area contributed by atoms with E-state index in [0.717, 1.165) is 40.8 Å². The van der Waals surface area contributed by atoms with Gasteiger partial charge in [-0.15, -0.1) is 0 Å². The third kappa shape index (κ3) is 5.54. The van der Waals surface area contributed by atoms with Crippen molar-refractivity contribution >= 4 is 54.0 Å². The molecule has 33 heavy (non-hydrogen) atoms. The Morgan fingerprint density at radius 1 is 1.27 bits per heavy atom. The molecular weight excluding hydrogens is 487 g/mol. The number of nitrogens with zero attached hydrogens (tertiary/aromatic N) is 2. The number of aromatic nitrogens is 1. The van der Waals surface area contributed by atoms with E-state index in [1.54, 1.807) is 4.90 Å². The van der Waals surface area contributed by atoms with Gasteiger partial charge in [-0.05, 0) is 68.1 Å². The molecule has 0 aliphatic carbocycles. The summed E-state index contributed by atoms with van der Waals surface area (Å²) in [6.45, 7) is 2.92. The number of carbonyl (C=O) groups is 1. The van der Waals surface area contributed by atoms with Crippen molar-refractivity contribution in [1.82, 2.24) is 4.98 Å². The number of rotatable bonds is 8. The van der Waals surface area contributed by atoms with Crippen molar-refractivity contribution in [3.8, 4) is 0 Å². The van der Waals surface area contributed by atoms with E-state index in [2.05, 4.69) is 4.98 Å². The number of hydrogen-bond acceptors (Lipinski definition) is 6. The number of benzene rings is 2. The number of anilines is 1. The number of aryl methyl sites for hydroxylation is 1. The second kappa shape index (κ2) is 10.0. The molecule has 0 N–H and O–H groups in total. The molecule has 1 unspecified atom stereocenters. The van der Waals surface area contributed by atoms with Crippen LogP contribution in [-0.2, 0) is 19.4 Å². The molecule has 0 saturated carbocycles. The van der Waals surface area contributed by atoms with Gasteiger partial charge in [0.25, 0.3) is 0 Å². The van der Waals surface area contributed by atoms with Gasteiger partial charge in [-0.1, -0.05) is 22.9 Å². The molecule has 0 radical (unpaired) electrons. The Bertz CT molecular complexity index is 1260. The number of sulfone groups is 1. The molecule has 1 atom stereocenters. The van der Waals surface area contributed by atoms with E-state index in [4.69, 9.17) is 16.3 Å². The first-order chi connectivity index (χ1) is 15.7. The van der Waals surface area contributed by atoms with Gasteiger partial charge in [-0.3, -0.25) is 9.69 Å². The number of fused-ring (bicyclic) bond motifs is 1. The summed E-state index contributed by atoms with van der Waals surface area (Å²) in [6, 6.07) is 8.41. The van der Waals surface area contributed by atoms with Crippen LogP contribution in [0.5, 0.6) is 0 Å². The van der Waals surface area contributed by atoms with Gasteiger partial charge in [0.2, 0.25) is 5.91 Å². The van der Waals surface area contributed by atoms with Crippen LogP contribution in [0.15, 0.2) is 41.3 Å². The van der Waals surface area contributed by atoms with Crippen LogP contribution in [0.3, 0.4) is 0 Å². The predicted octanol–water partition coefficient (Wildman–Crippen LogP) is 5.16. The fourth-order valence-corrected chi connectivity index (χ4v) is 6.31.